The lowest BCUT2D eigenvalue weighted by Gasteiger charge is -2.34. The third-order valence-electron chi connectivity index (χ3n) is 3.53. The largest absolute Gasteiger partial charge is 0.356 e. The maximum atomic E-state index is 5.43. The van der Waals surface area contributed by atoms with Crippen molar-refractivity contribution in [3.05, 3.63) is 11.9 Å². The molecule has 1 aliphatic heterocycles. The van der Waals surface area contributed by atoms with E-state index in [-0.39, 0.29) is 0 Å². The molecule has 0 aromatic carbocycles. The van der Waals surface area contributed by atoms with Crippen molar-refractivity contribution in [3.63, 3.8) is 0 Å². The third kappa shape index (κ3) is 3.78. The summed E-state index contributed by atoms with van der Waals surface area (Å²) in [6.45, 7) is 5.17. The average Bonchev–Trinajstić information content (AvgIpc) is 2.38. The Morgan fingerprint density at radius 1 is 1.37 bits per heavy atom. The molecule has 0 spiro atoms. The molecule has 2 rings (SSSR count). The lowest BCUT2D eigenvalue weighted by atomic mass is 9.96. The van der Waals surface area contributed by atoms with Gasteiger partial charge in [-0.05, 0) is 39.8 Å². The summed E-state index contributed by atoms with van der Waals surface area (Å²) in [5.41, 5.74) is 2.60. The van der Waals surface area contributed by atoms with E-state index in [1.165, 1.54) is 19.4 Å². The fourth-order valence-electron chi connectivity index (χ4n) is 2.65. The molecule has 19 heavy (non-hydrogen) atoms. The van der Waals surface area contributed by atoms with Crippen LogP contribution in [-0.2, 0) is 0 Å². The first-order valence-corrected chi connectivity index (χ1v) is 6.80. The number of nitrogen functional groups attached to an aromatic ring is 1. The standard InChI is InChI=1S/C13H24N6/c1-10-15-12(17-14)8-13(16-10)19-6-4-11(5-7-19)9-18(2)3/h8,11H,4-7,9,14H2,1-3H3,(H,15,16,17). The molecular formula is C13H24N6. The average molecular weight is 264 g/mol. The fourth-order valence-corrected chi connectivity index (χ4v) is 2.65. The van der Waals surface area contributed by atoms with Crippen LogP contribution in [0.25, 0.3) is 0 Å². The predicted octanol–water partition coefficient (Wildman–Crippen LogP) is 0.849. The summed E-state index contributed by atoms with van der Waals surface area (Å²) in [5, 5.41) is 0. The van der Waals surface area contributed by atoms with Crippen molar-refractivity contribution >= 4 is 11.6 Å². The lowest BCUT2D eigenvalue weighted by Crippen LogP contribution is -2.37. The molecule has 1 aliphatic rings. The second kappa shape index (κ2) is 6.16. The zero-order valence-electron chi connectivity index (χ0n) is 12.1. The number of piperidine rings is 1. The smallest absolute Gasteiger partial charge is 0.145 e. The molecule has 0 bridgehead atoms. The van der Waals surface area contributed by atoms with Gasteiger partial charge >= 0.3 is 0 Å². The van der Waals surface area contributed by atoms with Gasteiger partial charge in [0, 0.05) is 25.7 Å². The number of aromatic nitrogens is 2. The summed E-state index contributed by atoms with van der Waals surface area (Å²) < 4.78 is 0. The van der Waals surface area contributed by atoms with Gasteiger partial charge in [0.1, 0.15) is 17.5 Å². The van der Waals surface area contributed by atoms with Crippen LogP contribution in [0.5, 0.6) is 0 Å². The van der Waals surface area contributed by atoms with Gasteiger partial charge in [-0.3, -0.25) is 0 Å². The summed E-state index contributed by atoms with van der Waals surface area (Å²) in [7, 11) is 4.28. The molecule has 0 unspecified atom stereocenters. The van der Waals surface area contributed by atoms with E-state index < -0.39 is 0 Å². The van der Waals surface area contributed by atoms with Crippen molar-refractivity contribution in [2.45, 2.75) is 19.8 Å². The van der Waals surface area contributed by atoms with Crippen LogP contribution in [0.15, 0.2) is 6.07 Å². The van der Waals surface area contributed by atoms with Gasteiger partial charge in [-0.1, -0.05) is 0 Å². The second-order valence-corrected chi connectivity index (χ2v) is 5.50. The van der Waals surface area contributed by atoms with E-state index in [2.05, 4.69) is 39.3 Å². The van der Waals surface area contributed by atoms with Gasteiger partial charge in [-0.15, -0.1) is 0 Å². The fraction of sp³-hybridized carbons (Fsp3) is 0.692. The lowest BCUT2D eigenvalue weighted by molar-refractivity contribution is 0.284. The molecule has 1 aromatic heterocycles. The monoisotopic (exact) mass is 264 g/mol. The highest BCUT2D eigenvalue weighted by atomic mass is 15.3. The number of aryl methyl sites for hydroxylation is 1. The van der Waals surface area contributed by atoms with E-state index in [1.54, 1.807) is 0 Å². The van der Waals surface area contributed by atoms with Crippen molar-refractivity contribution in [2.75, 3.05) is 44.1 Å². The number of nitrogens with zero attached hydrogens (tertiary/aromatic N) is 4. The third-order valence-corrected chi connectivity index (χ3v) is 3.53. The van der Waals surface area contributed by atoms with Crippen molar-refractivity contribution < 1.29 is 0 Å². The van der Waals surface area contributed by atoms with Crippen LogP contribution in [0.3, 0.4) is 0 Å². The summed E-state index contributed by atoms with van der Waals surface area (Å²) in [6, 6.07) is 1.92. The maximum absolute atomic E-state index is 5.43. The molecule has 0 radical (unpaired) electrons. The van der Waals surface area contributed by atoms with Gasteiger partial charge in [0.05, 0.1) is 0 Å². The number of nitrogens with one attached hydrogen (secondary N) is 1. The first kappa shape index (κ1) is 14.0. The van der Waals surface area contributed by atoms with Crippen molar-refractivity contribution in [3.8, 4) is 0 Å². The van der Waals surface area contributed by atoms with Crippen LogP contribution >= 0.6 is 0 Å². The quantitative estimate of drug-likeness (QED) is 0.620. The normalized spacial score (nSPS) is 17.0. The Morgan fingerprint density at radius 2 is 2.05 bits per heavy atom. The van der Waals surface area contributed by atoms with Gasteiger partial charge < -0.3 is 15.2 Å². The Kier molecular flexibility index (Phi) is 4.55. The zero-order chi connectivity index (χ0) is 13.8. The minimum Gasteiger partial charge on any atom is -0.356 e. The molecule has 0 saturated carbocycles. The van der Waals surface area contributed by atoms with Gasteiger partial charge in [-0.2, -0.15) is 0 Å². The molecule has 6 nitrogen and oxygen atoms in total. The summed E-state index contributed by atoms with van der Waals surface area (Å²) >= 11 is 0. The highest BCUT2D eigenvalue weighted by Gasteiger charge is 2.21. The number of hydrogen-bond donors (Lipinski definition) is 2. The Labute approximate surface area is 115 Å². The van der Waals surface area contributed by atoms with Crippen molar-refractivity contribution in [2.24, 2.45) is 11.8 Å². The molecule has 1 aromatic rings. The molecule has 1 fully saturated rings. The molecule has 2 heterocycles. The number of nitrogens with two attached hydrogens (primary N) is 1. The number of hydrogen-bond acceptors (Lipinski definition) is 6. The molecule has 3 N–H and O–H groups in total. The SMILES string of the molecule is Cc1nc(NN)cc(N2CCC(CN(C)C)CC2)n1. The maximum Gasteiger partial charge on any atom is 0.145 e. The van der Waals surface area contributed by atoms with Crippen LogP contribution < -0.4 is 16.2 Å². The van der Waals surface area contributed by atoms with E-state index in [1.807, 2.05) is 13.0 Å². The van der Waals surface area contributed by atoms with Crippen LogP contribution in [0.4, 0.5) is 11.6 Å². The van der Waals surface area contributed by atoms with Crippen LogP contribution in [0.1, 0.15) is 18.7 Å². The van der Waals surface area contributed by atoms with Crippen LogP contribution in [0.2, 0.25) is 0 Å². The van der Waals surface area contributed by atoms with E-state index in [9.17, 15) is 0 Å². The molecule has 0 aliphatic carbocycles. The number of rotatable bonds is 4. The highest BCUT2D eigenvalue weighted by molar-refractivity contribution is 5.49. The number of anilines is 2. The minimum absolute atomic E-state index is 0.679. The van der Waals surface area contributed by atoms with Crippen LogP contribution in [-0.4, -0.2) is 48.6 Å². The molecule has 6 heteroatoms. The molecule has 1 saturated heterocycles. The number of hydrazine groups is 1. The molecular weight excluding hydrogens is 240 g/mol. The first-order chi connectivity index (χ1) is 9.08. The van der Waals surface area contributed by atoms with Gasteiger partial charge in [-0.25, -0.2) is 15.8 Å². The zero-order valence-corrected chi connectivity index (χ0v) is 12.1. The Bertz CT molecular complexity index is 412. The molecule has 0 amide bonds. The van der Waals surface area contributed by atoms with Crippen molar-refractivity contribution in [1.82, 2.24) is 14.9 Å². The summed E-state index contributed by atoms with van der Waals surface area (Å²) in [6.07, 6.45) is 2.43. The topological polar surface area (TPSA) is 70.3 Å². The minimum atomic E-state index is 0.679. The van der Waals surface area contributed by atoms with E-state index in [4.69, 9.17) is 5.84 Å². The predicted molar refractivity (Wildman–Crippen MR) is 78.1 cm³/mol. The van der Waals surface area contributed by atoms with E-state index in [0.29, 0.717) is 5.82 Å². The van der Waals surface area contributed by atoms with Gasteiger partial charge in [0.15, 0.2) is 0 Å². The van der Waals surface area contributed by atoms with Crippen molar-refractivity contribution in [1.29, 1.82) is 0 Å². The Morgan fingerprint density at radius 3 is 2.63 bits per heavy atom. The van der Waals surface area contributed by atoms with Crippen LogP contribution in [0, 0.1) is 12.8 Å². The summed E-state index contributed by atoms with van der Waals surface area (Å²) in [5.74, 6) is 8.63. The summed E-state index contributed by atoms with van der Waals surface area (Å²) in [4.78, 5) is 13.3. The Hall–Kier alpha value is -1.40. The Balaban J connectivity index is 1.99. The van der Waals surface area contributed by atoms with Gasteiger partial charge in [0.2, 0.25) is 0 Å². The van der Waals surface area contributed by atoms with Gasteiger partial charge in [0.25, 0.3) is 0 Å². The molecule has 106 valence electrons. The highest BCUT2D eigenvalue weighted by Crippen LogP contribution is 2.23. The first-order valence-electron chi connectivity index (χ1n) is 6.80. The molecule has 0 atom stereocenters. The second-order valence-electron chi connectivity index (χ2n) is 5.50. The van der Waals surface area contributed by atoms with E-state index >= 15 is 0 Å². The van der Waals surface area contributed by atoms with E-state index in [0.717, 1.165) is 30.6 Å².